The SMILES string of the molecule is NC(CC1CCOc2ccccc21)C1CCCCCCC1. The Bertz CT molecular complexity index is 437. The molecule has 1 aliphatic heterocycles. The fourth-order valence-corrected chi connectivity index (χ4v) is 4.10. The molecule has 0 bridgehead atoms. The largest absolute Gasteiger partial charge is 0.493 e. The molecule has 2 heteroatoms. The van der Waals surface area contributed by atoms with E-state index in [-0.39, 0.29) is 0 Å². The molecule has 0 amide bonds. The van der Waals surface area contributed by atoms with Gasteiger partial charge in [-0.1, -0.05) is 50.3 Å². The summed E-state index contributed by atoms with van der Waals surface area (Å²) in [6.45, 7) is 0.846. The van der Waals surface area contributed by atoms with Gasteiger partial charge in [-0.2, -0.15) is 0 Å². The fourth-order valence-electron chi connectivity index (χ4n) is 4.10. The smallest absolute Gasteiger partial charge is 0.122 e. The first-order valence-electron chi connectivity index (χ1n) is 8.82. The molecule has 1 saturated carbocycles. The van der Waals surface area contributed by atoms with Crippen LogP contribution in [0.4, 0.5) is 0 Å². The van der Waals surface area contributed by atoms with Gasteiger partial charge in [0.1, 0.15) is 5.75 Å². The Morgan fingerprint density at radius 2 is 1.71 bits per heavy atom. The highest BCUT2D eigenvalue weighted by Gasteiger charge is 2.26. The van der Waals surface area contributed by atoms with Gasteiger partial charge >= 0.3 is 0 Å². The molecule has 1 aromatic carbocycles. The quantitative estimate of drug-likeness (QED) is 0.879. The second kappa shape index (κ2) is 7.31. The predicted octanol–water partition coefficient (Wildman–Crippen LogP) is 4.63. The highest BCUT2D eigenvalue weighted by atomic mass is 16.5. The summed E-state index contributed by atoms with van der Waals surface area (Å²) in [5, 5.41) is 0. The lowest BCUT2D eigenvalue weighted by molar-refractivity contribution is 0.241. The zero-order valence-electron chi connectivity index (χ0n) is 13.1. The maximum atomic E-state index is 6.62. The lowest BCUT2D eigenvalue weighted by Crippen LogP contribution is -2.33. The zero-order valence-corrected chi connectivity index (χ0v) is 13.1. The van der Waals surface area contributed by atoms with Crippen LogP contribution in [0.3, 0.4) is 0 Å². The van der Waals surface area contributed by atoms with E-state index in [4.69, 9.17) is 10.5 Å². The van der Waals surface area contributed by atoms with E-state index in [1.54, 1.807) is 0 Å². The number of benzene rings is 1. The molecule has 116 valence electrons. The van der Waals surface area contributed by atoms with Crippen LogP contribution in [0.15, 0.2) is 24.3 Å². The molecule has 21 heavy (non-hydrogen) atoms. The highest BCUT2D eigenvalue weighted by Crippen LogP contribution is 2.38. The maximum absolute atomic E-state index is 6.62. The Kier molecular flexibility index (Phi) is 5.18. The number of fused-ring (bicyclic) bond motifs is 1. The summed E-state index contributed by atoms with van der Waals surface area (Å²) in [5.74, 6) is 2.41. The summed E-state index contributed by atoms with van der Waals surface area (Å²) in [5.41, 5.74) is 8.00. The molecule has 1 aromatic rings. The first-order valence-corrected chi connectivity index (χ1v) is 8.82. The van der Waals surface area contributed by atoms with Gasteiger partial charge in [0.2, 0.25) is 0 Å². The number of hydrogen-bond donors (Lipinski definition) is 1. The van der Waals surface area contributed by atoms with E-state index >= 15 is 0 Å². The Labute approximate surface area is 129 Å². The molecule has 2 atom stereocenters. The third-order valence-electron chi connectivity index (χ3n) is 5.39. The Morgan fingerprint density at radius 3 is 2.52 bits per heavy atom. The molecule has 3 rings (SSSR count). The summed E-state index contributed by atoms with van der Waals surface area (Å²) in [7, 11) is 0. The van der Waals surface area contributed by atoms with Gasteiger partial charge in [0.25, 0.3) is 0 Å². The summed E-state index contributed by atoms with van der Waals surface area (Å²) < 4.78 is 5.78. The van der Waals surface area contributed by atoms with E-state index in [0.29, 0.717) is 12.0 Å². The van der Waals surface area contributed by atoms with E-state index in [9.17, 15) is 0 Å². The van der Waals surface area contributed by atoms with Gasteiger partial charge in [0, 0.05) is 6.04 Å². The monoisotopic (exact) mass is 287 g/mol. The van der Waals surface area contributed by atoms with Crippen LogP contribution in [0.2, 0.25) is 0 Å². The van der Waals surface area contributed by atoms with E-state index in [1.165, 1.54) is 50.5 Å². The van der Waals surface area contributed by atoms with Crippen molar-refractivity contribution in [1.29, 1.82) is 0 Å². The van der Waals surface area contributed by atoms with Crippen molar-refractivity contribution in [2.75, 3.05) is 6.61 Å². The van der Waals surface area contributed by atoms with Gasteiger partial charge in [-0.3, -0.25) is 0 Å². The van der Waals surface area contributed by atoms with Crippen LogP contribution in [0.5, 0.6) is 5.75 Å². The maximum Gasteiger partial charge on any atom is 0.122 e. The minimum atomic E-state index is 0.360. The van der Waals surface area contributed by atoms with Crippen LogP contribution in [0.25, 0.3) is 0 Å². The van der Waals surface area contributed by atoms with E-state index in [0.717, 1.165) is 31.1 Å². The minimum absolute atomic E-state index is 0.360. The van der Waals surface area contributed by atoms with Crippen molar-refractivity contribution in [3.8, 4) is 5.75 Å². The molecule has 2 N–H and O–H groups in total. The highest BCUT2D eigenvalue weighted by molar-refractivity contribution is 5.37. The topological polar surface area (TPSA) is 35.2 Å². The average molecular weight is 287 g/mol. The van der Waals surface area contributed by atoms with Crippen LogP contribution in [0.1, 0.15) is 69.3 Å². The summed E-state index contributed by atoms with van der Waals surface area (Å²) >= 11 is 0. The molecule has 1 heterocycles. The van der Waals surface area contributed by atoms with Crippen molar-refractivity contribution in [1.82, 2.24) is 0 Å². The minimum Gasteiger partial charge on any atom is -0.493 e. The number of ether oxygens (including phenoxy) is 1. The van der Waals surface area contributed by atoms with Gasteiger partial charge in [-0.25, -0.2) is 0 Å². The molecule has 1 aliphatic carbocycles. The van der Waals surface area contributed by atoms with Crippen LogP contribution in [-0.4, -0.2) is 12.6 Å². The molecule has 2 unspecified atom stereocenters. The molecule has 0 radical (unpaired) electrons. The molecule has 1 fully saturated rings. The number of hydrogen-bond acceptors (Lipinski definition) is 2. The molecular weight excluding hydrogens is 258 g/mol. The van der Waals surface area contributed by atoms with Gasteiger partial charge < -0.3 is 10.5 Å². The number of rotatable bonds is 3. The summed E-state index contributed by atoms with van der Waals surface area (Å²) in [6, 6.07) is 8.88. The molecule has 0 saturated heterocycles. The average Bonchev–Trinajstić information content (AvgIpc) is 2.47. The van der Waals surface area contributed by atoms with Crippen molar-refractivity contribution >= 4 is 0 Å². The van der Waals surface area contributed by atoms with Gasteiger partial charge in [0.15, 0.2) is 0 Å². The van der Waals surface area contributed by atoms with Crippen molar-refractivity contribution in [2.24, 2.45) is 11.7 Å². The van der Waals surface area contributed by atoms with Crippen molar-refractivity contribution in [3.63, 3.8) is 0 Å². The Balaban J connectivity index is 1.63. The lowest BCUT2D eigenvalue weighted by atomic mass is 9.79. The van der Waals surface area contributed by atoms with Crippen LogP contribution in [-0.2, 0) is 0 Å². The van der Waals surface area contributed by atoms with Gasteiger partial charge in [-0.15, -0.1) is 0 Å². The predicted molar refractivity (Wildman–Crippen MR) is 87.7 cm³/mol. The molecule has 2 nitrogen and oxygen atoms in total. The zero-order chi connectivity index (χ0) is 14.5. The number of para-hydroxylation sites is 1. The van der Waals surface area contributed by atoms with Crippen LogP contribution >= 0.6 is 0 Å². The standard InChI is InChI=1S/C19H29NO/c20-18(15-8-4-2-1-3-5-9-15)14-16-12-13-21-19-11-7-6-10-17(16)19/h6-7,10-11,15-16,18H,1-5,8-9,12-14,20H2. The Hall–Kier alpha value is -1.02. The number of nitrogens with two attached hydrogens (primary N) is 1. The first-order chi connectivity index (χ1) is 10.3. The fraction of sp³-hybridized carbons (Fsp3) is 0.684. The van der Waals surface area contributed by atoms with E-state index < -0.39 is 0 Å². The molecule has 0 aromatic heterocycles. The molecule has 0 spiro atoms. The third kappa shape index (κ3) is 3.79. The summed E-state index contributed by atoms with van der Waals surface area (Å²) in [6.07, 6.45) is 11.9. The normalized spacial score (nSPS) is 25.3. The third-order valence-corrected chi connectivity index (χ3v) is 5.39. The van der Waals surface area contributed by atoms with E-state index in [1.807, 2.05) is 0 Å². The first kappa shape index (κ1) is 14.9. The van der Waals surface area contributed by atoms with Crippen molar-refractivity contribution in [2.45, 2.75) is 69.7 Å². The van der Waals surface area contributed by atoms with Crippen LogP contribution in [0, 0.1) is 5.92 Å². The molecular formula is C19H29NO. The van der Waals surface area contributed by atoms with Crippen molar-refractivity contribution in [3.05, 3.63) is 29.8 Å². The second-order valence-corrected chi connectivity index (χ2v) is 6.88. The molecule has 2 aliphatic rings. The lowest BCUT2D eigenvalue weighted by Gasteiger charge is -2.32. The van der Waals surface area contributed by atoms with Gasteiger partial charge in [0.05, 0.1) is 6.61 Å². The van der Waals surface area contributed by atoms with Crippen LogP contribution < -0.4 is 10.5 Å². The van der Waals surface area contributed by atoms with Crippen molar-refractivity contribution < 1.29 is 4.74 Å². The second-order valence-electron chi connectivity index (χ2n) is 6.88. The Morgan fingerprint density at radius 1 is 1.00 bits per heavy atom. The van der Waals surface area contributed by atoms with E-state index in [2.05, 4.69) is 24.3 Å². The summed E-state index contributed by atoms with van der Waals surface area (Å²) in [4.78, 5) is 0. The van der Waals surface area contributed by atoms with Gasteiger partial charge in [-0.05, 0) is 49.1 Å².